The highest BCUT2D eigenvalue weighted by Gasteiger charge is 2.06. The molecule has 0 unspecified atom stereocenters. The van der Waals surface area contributed by atoms with Gasteiger partial charge >= 0.3 is 0 Å². The summed E-state index contributed by atoms with van der Waals surface area (Å²) < 4.78 is 5.25. The summed E-state index contributed by atoms with van der Waals surface area (Å²) in [5.74, 6) is 13.6. The Bertz CT molecular complexity index is 655. The monoisotopic (exact) mass is 298 g/mol. The molecule has 114 valence electrons. The topological polar surface area (TPSA) is 97.5 Å². The fourth-order valence-corrected chi connectivity index (χ4v) is 1.71. The Morgan fingerprint density at radius 3 is 2.55 bits per heavy atom. The van der Waals surface area contributed by atoms with Crippen molar-refractivity contribution < 1.29 is 9.21 Å². The van der Waals surface area contributed by atoms with Crippen LogP contribution in [-0.4, -0.2) is 13.5 Å². The molecule has 0 saturated carbocycles. The molecule has 1 aromatic heterocycles. The van der Waals surface area contributed by atoms with E-state index in [1.807, 2.05) is 42.5 Å². The third kappa shape index (κ3) is 4.83. The lowest BCUT2D eigenvalue weighted by molar-refractivity contribution is -0.109. The first-order valence-electron chi connectivity index (χ1n) is 6.33. The summed E-state index contributed by atoms with van der Waals surface area (Å²) in [7, 11) is 1.78. The standard InChI is InChI=1S/C15H14N2O.CH4N2O/c1-3-12-6-4-8-15(17(2)16)14(12)10-9-13-7-5-11-18-13;2-3-1-4/h1,4-11H,16H2,2H3;1H,2H2,(H,3,4)/b10-9+;. The maximum Gasteiger partial charge on any atom is 0.221 e. The number of nitrogens with one attached hydrogen (secondary N) is 1. The number of hydrogen-bond donors (Lipinski definition) is 3. The normalized spacial score (nSPS) is 9.55. The third-order valence-corrected chi connectivity index (χ3v) is 2.64. The summed E-state index contributed by atoms with van der Waals surface area (Å²) in [6, 6.07) is 9.40. The molecular formula is C16H18N4O2. The van der Waals surface area contributed by atoms with Crippen LogP contribution in [0.25, 0.3) is 12.2 Å². The molecule has 22 heavy (non-hydrogen) atoms. The smallest absolute Gasteiger partial charge is 0.221 e. The number of hydrazine groups is 2. The number of furan rings is 1. The average molecular weight is 298 g/mol. The number of carbonyl (C=O) groups is 1. The van der Waals surface area contributed by atoms with Gasteiger partial charge in [0.05, 0.1) is 12.0 Å². The van der Waals surface area contributed by atoms with Gasteiger partial charge in [0.25, 0.3) is 0 Å². The van der Waals surface area contributed by atoms with Gasteiger partial charge in [0.2, 0.25) is 6.41 Å². The predicted molar refractivity (Wildman–Crippen MR) is 88.0 cm³/mol. The van der Waals surface area contributed by atoms with Crippen LogP contribution in [0.4, 0.5) is 5.69 Å². The van der Waals surface area contributed by atoms with E-state index in [2.05, 4.69) is 11.8 Å². The van der Waals surface area contributed by atoms with Gasteiger partial charge in [0, 0.05) is 18.2 Å². The van der Waals surface area contributed by atoms with Gasteiger partial charge in [-0.05, 0) is 36.4 Å². The molecule has 0 atom stereocenters. The van der Waals surface area contributed by atoms with E-state index in [-0.39, 0.29) is 0 Å². The number of amides is 1. The third-order valence-electron chi connectivity index (χ3n) is 2.64. The molecule has 0 spiro atoms. The van der Waals surface area contributed by atoms with Crippen molar-refractivity contribution in [3.63, 3.8) is 0 Å². The molecular weight excluding hydrogens is 280 g/mol. The van der Waals surface area contributed by atoms with Crippen molar-refractivity contribution in [2.45, 2.75) is 0 Å². The van der Waals surface area contributed by atoms with Gasteiger partial charge in [0.15, 0.2) is 0 Å². The Labute approximate surface area is 129 Å². The molecule has 2 rings (SSSR count). The average Bonchev–Trinajstić information content (AvgIpc) is 3.06. The highest BCUT2D eigenvalue weighted by atomic mass is 16.3. The van der Waals surface area contributed by atoms with E-state index in [4.69, 9.17) is 21.5 Å². The maximum absolute atomic E-state index is 8.94. The highest BCUT2D eigenvalue weighted by Crippen LogP contribution is 2.23. The molecule has 1 amide bonds. The number of hydrogen-bond acceptors (Lipinski definition) is 5. The quantitative estimate of drug-likeness (QED) is 0.260. The van der Waals surface area contributed by atoms with Crippen molar-refractivity contribution in [2.75, 3.05) is 12.1 Å². The van der Waals surface area contributed by atoms with E-state index in [0.717, 1.165) is 22.6 Å². The molecule has 0 aliphatic carbocycles. The largest absolute Gasteiger partial charge is 0.465 e. The Balaban J connectivity index is 0.000000541. The van der Waals surface area contributed by atoms with Crippen LogP contribution in [0.5, 0.6) is 0 Å². The highest BCUT2D eigenvalue weighted by molar-refractivity contribution is 5.79. The number of anilines is 1. The molecule has 0 bridgehead atoms. The molecule has 0 saturated heterocycles. The molecule has 0 fully saturated rings. The molecule has 0 radical (unpaired) electrons. The molecule has 6 heteroatoms. The minimum atomic E-state index is 0.403. The van der Waals surface area contributed by atoms with E-state index in [9.17, 15) is 0 Å². The van der Waals surface area contributed by atoms with Crippen LogP contribution in [0, 0.1) is 12.3 Å². The van der Waals surface area contributed by atoms with E-state index in [1.165, 1.54) is 0 Å². The van der Waals surface area contributed by atoms with Gasteiger partial charge in [-0.1, -0.05) is 12.0 Å². The summed E-state index contributed by atoms with van der Waals surface area (Å²) in [6.45, 7) is 0. The molecule has 0 aliphatic heterocycles. The van der Waals surface area contributed by atoms with Gasteiger partial charge in [-0.15, -0.1) is 6.42 Å². The lowest BCUT2D eigenvalue weighted by atomic mass is 10.0. The molecule has 5 N–H and O–H groups in total. The molecule has 0 aliphatic rings. The van der Waals surface area contributed by atoms with Crippen LogP contribution in [0.1, 0.15) is 16.9 Å². The summed E-state index contributed by atoms with van der Waals surface area (Å²) >= 11 is 0. The Hall–Kier alpha value is -3.01. The van der Waals surface area contributed by atoms with Crippen LogP contribution in [0.15, 0.2) is 41.0 Å². The van der Waals surface area contributed by atoms with Crippen LogP contribution in [-0.2, 0) is 4.79 Å². The number of rotatable bonds is 4. The Morgan fingerprint density at radius 1 is 1.32 bits per heavy atom. The van der Waals surface area contributed by atoms with Gasteiger partial charge in [0.1, 0.15) is 5.76 Å². The first kappa shape index (κ1) is 17.0. The summed E-state index contributed by atoms with van der Waals surface area (Å²) in [6.07, 6.45) is 11.3. The van der Waals surface area contributed by atoms with Crippen molar-refractivity contribution >= 4 is 24.2 Å². The summed E-state index contributed by atoms with van der Waals surface area (Å²) in [5.41, 5.74) is 4.32. The van der Waals surface area contributed by atoms with E-state index in [1.54, 1.807) is 23.7 Å². The molecule has 6 nitrogen and oxygen atoms in total. The van der Waals surface area contributed by atoms with Crippen molar-refractivity contribution in [3.05, 3.63) is 53.5 Å². The maximum atomic E-state index is 8.94. The minimum absolute atomic E-state index is 0.403. The lowest BCUT2D eigenvalue weighted by Crippen LogP contribution is -2.26. The second-order valence-corrected chi connectivity index (χ2v) is 4.13. The van der Waals surface area contributed by atoms with Gasteiger partial charge in [-0.2, -0.15) is 0 Å². The SMILES string of the molecule is C#Cc1cccc(N(C)N)c1/C=C/c1ccco1.NNC=O. The Kier molecular flexibility index (Phi) is 6.99. The first-order chi connectivity index (χ1) is 10.6. The van der Waals surface area contributed by atoms with Crippen LogP contribution < -0.4 is 22.1 Å². The Morgan fingerprint density at radius 2 is 2.05 bits per heavy atom. The van der Waals surface area contributed by atoms with Crippen LogP contribution in [0.3, 0.4) is 0 Å². The fraction of sp³-hybridized carbons (Fsp3) is 0.0625. The fourth-order valence-electron chi connectivity index (χ4n) is 1.71. The van der Waals surface area contributed by atoms with Crippen molar-refractivity contribution in [2.24, 2.45) is 11.7 Å². The van der Waals surface area contributed by atoms with Gasteiger partial charge in [-0.3, -0.25) is 10.2 Å². The lowest BCUT2D eigenvalue weighted by Gasteiger charge is -2.16. The molecule has 1 aromatic carbocycles. The van der Waals surface area contributed by atoms with Gasteiger partial charge in [-0.25, -0.2) is 11.7 Å². The number of carbonyl (C=O) groups excluding carboxylic acids is 1. The summed E-state index contributed by atoms with van der Waals surface area (Å²) in [4.78, 5) is 8.94. The predicted octanol–water partition coefficient (Wildman–Crippen LogP) is 1.35. The van der Waals surface area contributed by atoms with Crippen molar-refractivity contribution in [1.29, 1.82) is 0 Å². The second kappa shape index (κ2) is 9.02. The number of nitrogens with zero attached hydrogens (tertiary/aromatic N) is 1. The second-order valence-electron chi connectivity index (χ2n) is 4.13. The van der Waals surface area contributed by atoms with E-state index < -0.39 is 0 Å². The zero-order valence-electron chi connectivity index (χ0n) is 12.2. The zero-order valence-corrected chi connectivity index (χ0v) is 12.2. The van der Waals surface area contributed by atoms with Gasteiger partial charge < -0.3 is 9.43 Å². The summed E-state index contributed by atoms with van der Waals surface area (Å²) in [5, 5.41) is 1.54. The van der Waals surface area contributed by atoms with Crippen molar-refractivity contribution in [3.8, 4) is 12.3 Å². The zero-order chi connectivity index (χ0) is 16.4. The number of terminal acetylenes is 1. The number of benzene rings is 1. The molecule has 2 aromatic rings. The first-order valence-corrected chi connectivity index (χ1v) is 6.33. The van der Waals surface area contributed by atoms with Crippen LogP contribution >= 0.6 is 0 Å². The van der Waals surface area contributed by atoms with E-state index >= 15 is 0 Å². The number of nitrogens with two attached hydrogens (primary N) is 2. The minimum Gasteiger partial charge on any atom is -0.465 e. The van der Waals surface area contributed by atoms with Crippen LogP contribution in [0.2, 0.25) is 0 Å². The van der Waals surface area contributed by atoms with E-state index in [0.29, 0.717) is 6.41 Å². The molecule has 1 heterocycles. The van der Waals surface area contributed by atoms with Crippen molar-refractivity contribution in [1.82, 2.24) is 5.43 Å².